The van der Waals surface area contributed by atoms with Crippen LogP contribution < -0.4 is 20.3 Å². The molecule has 2 rings (SSSR count). The number of hydrogen-bond donors (Lipinski definition) is 2. The third kappa shape index (κ3) is 4.03. The van der Waals surface area contributed by atoms with Crippen LogP contribution in [-0.2, 0) is 4.79 Å². The van der Waals surface area contributed by atoms with Gasteiger partial charge in [0.15, 0.2) is 11.5 Å². The van der Waals surface area contributed by atoms with Crippen LogP contribution >= 0.6 is 0 Å². The quantitative estimate of drug-likeness (QED) is 0.813. The van der Waals surface area contributed by atoms with E-state index in [1.165, 1.54) is 0 Å². The number of amides is 1. The molecule has 0 saturated carbocycles. The number of rotatable bonds is 5. The average molecular weight is 300 g/mol. The summed E-state index contributed by atoms with van der Waals surface area (Å²) in [6, 6.07) is 5.74. The molecule has 1 aromatic carbocycles. The summed E-state index contributed by atoms with van der Waals surface area (Å²) in [5.41, 5.74) is 6.62. The van der Waals surface area contributed by atoms with E-state index in [0.717, 1.165) is 5.56 Å². The van der Waals surface area contributed by atoms with E-state index in [9.17, 15) is 4.79 Å². The Balaban J connectivity index is 2.08. The summed E-state index contributed by atoms with van der Waals surface area (Å²) >= 11 is 0. The first kappa shape index (κ1) is 15.9. The Morgan fingerprint density at radius 3 is 2.95 bits per heavy atom. The lowest BCUT2D eigenvalue weighted by atomic mass is 9.96. The van der Waals surface area contributed by atoms with Crippen molar-refractivity contribution in [1.29, 1.82) is 0 Å². The van der Waals surface area contributed by atoms with E-state index in [1.807, 2.05) is 37.3 Å². The van der Waals surface area contributed by atoms with Crippen molar-refractivity contribution < 1.29 is 14.3 Å². The molecule has 0 aliphatic carbocycles. The fourth-order valence-electron chi connectivity index (χ4n) is 2.26. The fraction of sp³-hybridized carbons (Fsp3) is 0.353. The highest BCUT2D eigenvalue weighted by atomic mass is 16.5. The molecule has 0 bridgehead atoms. The normalized spacial score (nSPS) is 21.2. The van der Waals surface area contributed by atoms with E-state index >= 15 is 0 Å². The van der Waals surface area contributed by atoms with Gasteiger partial charge in [0.25, 0.3) is 0 Å². The minimum Gasteiger partial charge on any atom is -0.493 e. The number of ether oxygens (including phenoxy) is 2. The molecule has 1 fully saturated rings. The van der Waals surface area contributed by atoms with E-state index in [-0.39, 0.29) is 24.5 Å². The first-order chi connectivity index (χ1) is 10.6. The van der Waals surface area contributed by atoms with Gasteiger partial charge in [0.05, 0.1) is 7.11 Å². The molecule has 0 spiro atoms. The van der Waals surface area contributed by atoms with Gasteiger partial charge in [-0.2, -0.15) is 0 Å². The van der Waals surface area contributed by atoms with Gasteiger partial charge in [0.1, 0.15) is 6.61 Å². The molecule has 1 saturated heterocycles. The van der Waals surface area contributed by atoms with Crippen molar-refractivity contribution in [3.05, 3.63) is 29.8 Å². The molecule has 116 valence electrons. The second-order valence-corrected chi connectivity index (χ2v) is 5.16. The van der Waals surface area contributed by atoms with Gasteiger partial charge in [-0.3, -0.25) is 10.2 Å². The topological polar surface area (TPSA) is 59.6 Å². The lowest BCUT2D eigenvalue weighted by Gasteiger charge is -2.27. The molecule has 5 nitrogen and oxygen atoms in total. The van der Waals surface area contributed by atoms with Gasteiger partial charge in [-0.1, -0.05) is 31.1 Å². The SMILES string of the molecule is C#CCOc1ccc(/C=C/C2NNC(=O)CC2C)cc1OC. The Bertz CT molecular complexity index is 604. The molecule has 1 amide bonds. The Hall–Kier alpha value is -2.45. The van der Waals surface area contributed by atoms with E-state index in [2.05, 4.69) is 16.8 Å². The van der Waals surface area contributed by atoms with Crippen LogP contribution in [0.4, 0.5) is 0 Å². The second kappa shape index (κ2) is 7.53. The first-order valence-corrected chi connectivity index (χ1v) is 7.11. The molecule has 2 unspecified atom stereocenters. The highest BCUT2D eigenvalue weighted by Crippen LogP contribution is 2.28. The van der Waals surface area contributed by atoms with Crippen molar-refractivity contribution in [2.45, 2.75) is 19.4 Å². The molecule has 2 atom stereocenters. The average Bonchev–Trinajstić information content (AvgIpc) is 2.52. The number of terminal acetylenes is 1. The number of hydrogen-bond acceptors (Lipinski definition) is 4. The van der Waals surface area contributed by atoms with Crippen molar-refractivity contribution in [1.82, 2.24) is 10.9 Å². The fourth-order valence-corrected chi connectivity index (χ4v) is 2.26. The van der Waals surface area contributed by atoms with Crippen molar-refractivity contribution in [2.75, 3.05) is 13.7 Å². The second-order valence-electron chi connectivity index (χ2n) is 5.16. The monoisotopic (exact) mass is 300 g/mol. The molecule has 1 aromatic rings. The molecule has 1 aliphatic heterocycles. The molecule has 2 N–H and O–H groups in total. The van der Waals surface area contributed by atoms with Gasteiger partial charge < -0.3 is 9.47 Å². The molecule has 1 aliphatic rings. The highest BCUT2D eigenvalue weighted by Gasteiger charge is 2.22. The molecular formula is C17H20N2O3. The van der Waals surface area contributed by atoms with Gasteiger partial charge in [0, 0.05) is 12.5 Å². The van der Waals surface area contributed by atoms with Gasteiger partial charge in [-0.15, -0.1) is 6.42 Å². The Morgan fingerprint density at radius 1 is 1.45 bits per heavy atom. The predicted octanol–water partition coefficient (Wildman–Crippen LogP) is 1.75. The maximum atomic E-state index is 11.3. The maximum absolute atomic E-state index is 11.3. The lowest BCUT2D eigenvalue weighted by Crippen LogP contribution is -2.52. The maximum Gasteiger partial charge on any atom is 0.234 e. The third-order valence-electron chi connectivity index (χ3n) is 3.49. The van der Waals surface area contributed by atoms with Crippen LogP contribution in [0, 0.1) is 18.3 Å². The summed E-state index contributed by atoms with van der Waals surface area (Å²) in [5.74, 6) is 3.94. The molecular weight excluding hydrogens is 280 g/mol. The van der Waals surface area contributed by atoms with Crippen LogP contribution in [0.3, 0.4) is 0 Å². The minimum atomic E-state index is 0.0221. The third-order valence-corrected chi connectivity index (χ3v) is 3.49. The van der Waals surface area contributed by atoms with Crippen LogP contribution in [-0.4, -0.2) is 25.7 Å². The summed E-state index contributed by atoms with van der Waals surface area (Å²) in [5, 5.41) is 0. The van der Waals surface area contributed by atoms with Crippen molar-refractivity contribution in [2.24, 2.45) is 5.92 Å². The number of nitrogens with one attached hydrogen (secondary N) is 2. The van der Waals surface area contributed by atoms with E-state index in [4.69, 9.17) is 15.9 Å². The smallest absolute Gasteiger partial charge is 0.234 e. The number of carbonyl (C=O) groups is 1. The van der Waals surface area contributed by atoms with Gasteiger partial charge in [-0.25, -0.2) is 5.43 Å². The summed E-state index contributed by atoms with van der Waals surface area (Å²) < 4.78 is 10.7. The largest absolute Gasteiger partial charge is 0.493 e. The molecule has 22 heavy (non-hydrogen) atoms. The molecule has 1 heterocycles. The van der Waals surface area contributed by atoms with Crippen LogP contribution in [0.2, 0.25) is 0 Å². The van der Waals surface area contributed by atoms with Gasteiger partial charge >= 0.3 is 0 Å². The number of carbonyl (C=O) groups excluding carboxylic acids is 1. The minimum absolute atomic E-state index is 0.0221. The van der Waals surface area contributed by atoms with Crippen LogP contribution in [0.25, 0.3) is 6.08 Å². The summed E-state index contributed by atoms with van der Waals surface area (Å²) in [4.78, 5) is 11.3. The van der Waals surface area contributed by atoms with Crippen molar-refractivity contribution in [3.8, 4) is 23.8 Å². The number of hydrazine groups is 1. The predicted molar refractivity (Wildman–Crippen MR) is 85.2 cm³/mol. The van der Waals surface area contributed by atoms with Crippen LogP contribution in [0.5, 0.6) is 11.5 Å². The number of benzene rings is 1. The van der Waals surface area contributed by atoms with Crippen LogP contribution in [0.15, 0.2) is 24.3 Å². The van der Waals surface area contributed by atoms with Crippen molar-refractivity contribution >= 4 is 12.0 Å². The van der Waals surface area contributed by atoms with Gasteiger partial charge in [-0.05, 0) is 23.6 Å². The first-order valence-electron chi connectivity index (χ1n) is 7.11. The van der Waals surface area contributed by atoms with Gasteiger partial charge in [0.2, 0.25) is 5.91 Å². The van der Waals surface area contributed by atoms with E-state index in [0.29, 0.717) is 17.9 Å². The number of methoxy groups -OCH3 is 1. The van der Waals surface area contributed by atoms with Crippen molar-refractivity contribution in [3.63, 3.8) is 0 Å². The zero-order valence-corrected chi connectivity index (χ0v) is 12.8. The Morgan fingerprint density at radius 2 is 2.27 bits per heavy atom. The van der Waals surface area contributed by atoms with Crippen LogP contribution in [0.1, 0.15) is 18.9 Å². The zero-order valence-electron chi connectivity index (χ0n) is 12.8. The lowest BCUT2D eigenvalue weighted by molar-refractivity contribution is -0.125. The summed E-state index contributed by atoms with van der Waals surface area (Å²) in [6.45, 7) is 2.24. The Labute approximate surface area is 130 Å². The highest BCUT2D eigenvalue weighted by molar-refractivity contribution is 5.76. The van der Waals surface area contributed by atoms with E-state index < -0.39 is 0 Å². The standard InChI is InChI=1S/C17H20N2O3/c1-4-9-22-15-8-6-13(11-16(15)21-3)5-7-14-12(2)10-17(20)19-18-14/h1,5-8,11-12,14,18H,9-10H2,2-3H3,(H,19,20)/b7-5+. The molecule has 5 heteroatoms. The molecule has 0 radical (unpaired) electrons. The summed E-state index contributed by atoms with van der Waals surface area (Å²) in [6.07, 6.45) is 9.72. The van der Waals surface area contributed by atoms with E-state index in [1.54, 1.807) is 7.11 Å². The summed E-state index contributed by atoms with van der Waals surface area (Å²) in [7, 11) is 1.59. The Kier molecular flexibility index (Phi) is 5.45. The zero-order chi connectivity index (χ0) is 15.9. The molecule has 0 aromatic heterocycles.